The van der Waals surface area contributed by atoms with E-state index in [1.165, 1.54) is 0 Å². The number of hydrogen-bond acceptors (Lipinski definition) is 1. The number of alkyl halides is 1. The Morgan fingerprint density at radius 2 is 1.94 bits per heavy atom. The molecule has 0 saturated heterocycles. The van der Waals surface area contributed by atoms with E-state index in [9.17, 15) is 0 Å². The van der Waals surface area contributed by atoms with Crippen molar-refractivity contribution in [3.05, 3.63) is 28.8 Å². The third-order valence-electron chi connectivity index (χ3n) is 2.78. The average molecular weight is 261 g/mol. The summed E-state index contributed by atoms with van der Waals surface area (Å²) in [7, 11) is 0. The lowest BCUT2D eigenvalue weighted by molar-refractivity contribution is 0.240. The van der Waals surface area contributed by atoms with Crippen LogP contribution < -0.4 is 4.74 Å². The van der Waals surface area contributed by atoms with Crippen LogP contribution in [0.25, 0.3) is 0 Å². The van der Waals surface area contributed by atoms with Crippen molar-refractivity contribution in [1.82, 2.24) is 0 Å². The first-order valence-corrected chi connectivity index (χ1v) is 6.59. The first-order valence-electron chi connectivity index (χ1n) is 5.68. The van der Waals surface area contributed by atoms with Gasteiger partial charge < -0.3 is 4.74 Å². The van der Waals surface area contributed by atoms with Crippen molar-refractivity contribution in [2.45, 2.75) is 32.6 Å². The molecule has 1 aromatic rings. The zero-order chi connectivity index (χ0) is 12.0. The first-order chi connectivity index (χ1) is 7.71. The van der Waals surface area contributed by atoms with E-state index in [0.29, 0.717) is 16.8 Å². The van der Waals surface area contributed by atoms with Gasteiger partial charge in [-0.25, -0.2) is 0 Å². The van der Waals surface area contributed by atoms with Gasteiger partial charge >= 0.3 is 0 Å². The Kier molecular flexibility index (Phi) is 6.00. The molecule has 90 valence electrons. The SMILES string of the molecule is CCC(CC)COc1ccc(CCl)cc1Cl. The standard InChI is InChI=1S/C13H18Cl2O/c1-3-10(4-2)9-16-13-6-5-11(8-14)7-12(13)15/h5-7,10H,3-4,8-9H2,1-2H3. The molecule has 0 aliphatic carbocycles. The Balaban J connectivity index is 2.60. The van der Waals surface area contributed by atoms with Crippen molar-refractivity contribution in [3.63, 3.8) is 0 Å². The second-order valence-electron chi connectivity index (χ2n) is 3.89. The lowest BCUT2D eigenvalue weighted by Crippen LogP contribution is -2.10. The second kappa shape index (κ2) is 7.03. The van der Waals surface area contributed by atoms with E-state index in [4.69, 9.17) is 27.9 Å². The summed E-state index contributed by atoms with van der Waals surface area (Å²) in [6.07, 6.45) is 2.27. The van der Waals surface area contributed by atoms with Gasteiger partial charge in [0, 0.05) is 5.88 Å². The minimum Gasteiger partial charge on any atom is -0.492 e. The van der Waals surface area contributed by atoms with Crippen molar-refractivity contribution in [2.75, 3.05) is 6.61 Å². The molecule has 3 heteroatoms. The molecule has 16 heavy (non-hydrogen) atoms. The van der Waals surface area contributed by atoms with Crippen LogP contribution in [0.4, 0.5) is 0 Å². The first kappa shape index (κ1) is 13.7. The maximum absolute atomic E-state index is 6.09. The quantitative estimate of drug-likeness (QED) is 0.662. The molecule has 0 fully saturated rings. The highest BCUT2D eigenvalue weighted by atomic mass is 35.5. The van der Waals surface area contributed by atoms with Crippen LogP contribution in [0, 0.1) is 5.92 Å². The van der Waals surface area contributed by atoms with Crippen LogP contribution >= 0.6 is 23.2 Å². The smallest absolute Gasteiger partial charge is 0.137 e. The van der Waals surface area contributed by atoms with Crippen molar-refractivity contribution >= 4 is 23.2 Å². The zero-order valence-electron chi connectivity index (χ0n) is 9.80. The average Bonchev–Trinajstić information content (AvgIpc) is 2.32. The maximum Gasteiger partial charge on any atom is 0.137 e. The molecule has 0 N–H and O–H groups in total. The van der Waals surface area contributed by atoms with Crippen LogP contribution in [-0.4, -0.2) is 6.61 Å². The fourth-order valence-corrected chi connectivity index (χ4v) is 1.90. The van der Waals surface area contributed by atoms with Crippen molar-refractivity contribution < 1.29 is 4.74 Å². The van der Waals surface area contributed by atoms with Crippen LogP contribution in [0.5, 0.6) is 5.75 Å². The molecular formula is C13H18Cl2O. The molecule has 1 rings (SSSR count). The normalized spacial score (nSPS) is 10.8. The van der Waals surface area contributed by atoms with E-state index < -0.39 is 0 Å². The number of rotatable bonds is 6. The number of hydrogen-bond donors (Lipinski definition) is 0. The molecular weight excluding hydrogens is 243 g/mol. The van der Waals surface area contributed by atoms with Crippen LogP contribution in [0.15, 0.2) is 18.2 Å². The van der Waals surface area contributed by atoms with Gasteiger partial charge in [0.05, 0.1) is 11.6 Å². The minimum atomic E-state index is 0.479. The van der Waals surface area contributed by atoms with E-state index in [-0.39, 0.29) is 0 Å². The summed E-state index contributed by atoms with van der Waals surface area (Å²) in [6, 6.07) is 5.69. The van der Waals surface area contributed by atoms with Gasteiger partial charge in [-0.1, -0.05) is 44.4 Å². The predicted molar refractivity (Wildman–Crippen MR) is 70.6 cm³/mol. The van der Waals surface area contributed by atoms with E-state index in [0.717, 1.165) is 30.8 Å². The molecule has 0 bridgehead atoms. The fraction of sp³-hybridized carbons (Fsp3) is 0.538. The van der Waals surface area contributed by atoms with Gasteiger partial charge in [-0.2, -0.15) is 0 Å². The molecule has 0 aliphatic heterocycles. The van der Waals surface area contributed by atoms with Crippen LogP contribution in [0.2, 0.25) is 5.02 Å². The Morgan fingerprint density at radius 3 is 2.44 bits per heavy atom. The highest BCUT2D eigenvalue weighted by Gasteiger charge is 2.07. The van der Waals surface area contributed by atoms with E-state index in [1.54, 1.807) is 0 Å². The van der Waals surface area contributed by atoms with Crippen LogP contribution in [-0.2, 0) is 5.88 Å². The van der Waals surface area contributed by atoms with Gasteiger partial charge in [-0.15, -0.1) is 11.6 Å². The van der Waals surface area contributed by atoms with Crippen molar-refractivity contribution in [3.8, 4) is 5.75 Å². The lowest BCUT2D eigenvalue weighted by Gasteiger charge is -2.14. The molecule has 0 radical (unpaired) electrons. The number of ether oxygens (including phenoxy) is 1. The highest BCUT2D eigenvalue weighted by molar-refractivity contribution is 6.32. The molecule has 1 aromatic carbocycles. The monoisotopic (exact) mass is 260 g/mol. The minimum absolute atomic E-state index is 0.479. The largest absolute Gasteiger partial charge is 0.492 e. The Morgan fingerprint density at radius 1 is 1.25 bits per heavy atom. The summed E-state index contributed by atoms with van der Waals surface area (Å²) in [5.74, 6) is 1.83. The summed E-state index contributed by atoms with van der Waals surface area (Å²) in [6.45, 7) is 5.08. The molecule has 0 saturated carbocycles. The third-order valence-corrected chi connectivity index (χ3v) is 3.38. The van der Waals surface area contributed by atoms with Gasteiger partial charge in [0.15, 0.2) is 0 Å². The van der Waals surface area contributed by atoms with Crippen LogP contribution in [0.3, 0.4) is 0 Å². The Labute approximate surface area is 108 Å². The third kappa shape index (κ3) is 3.88. The number of benzene rings is 1. The summed E-state index contributed by atoms with van der Waals surface area (Å²) < 4.78 is 5.71. The fourth-order valence-electron chi connectivity index (χ4n) is 1.48. The van der Waals surface area contributed by atoms with Gasteiger partial charge in [-0.3, -0.25) is 0 Å². The molecule has 0 amide bonds. The van der Waals surface area contributed by atoms with E-state index >= 15 is 0 Å². The van der Waals surface area contributed by atoms with E-state index in [1.807, 2.05) is 18.2 Å². The van der Waals surface area contributed by atoms with Gasteiger partial charge in [0.2, 0.25) is 0 Å². The molecule has 0 atom stereocenters. The van der Waals surface area contributed by atoms with Crippen molar-refractivity contribution in [1.29, 1.82) is 0 Å². The molecule has 0 unspecified atom stereocenters. The Hall–Kier alpha value is -0.400. The van der Waals surface area contributed by atoms with Gasteiger partial charge in [0.1, 0.15) is 5.75 Å². The predicted octanol–water partition coefficient (Wildman–Crippen LogP) is 4.89. The molecule has 0 spiro atoms. The molecule has 0 aromatic heterocycles. The summed E-state index contributed by atoms with van der Waals surface area (Å²) >= 11 is 11.8. The summed E-state index contributed by atoms with van der Waals surface area (Å²) in [5, 5.41) is 0.643. The maximum atomic E-state index is 6.09. The lowest BCUT2D eigenvalue weighted by atomic mass is 10.1. The van der Waals surface area contributed by atoms with Gasteiger partial charge in [-0.05, 0) is 23.6 Å². The van der Waals surface area contributed by atoms with Crippen LogP contribution in [0.1, 0.15) is 32.3 Å². The Bertz CT molecular complexity index is 322. The summed E-state index contributed by atoms with van der Waals surface area (Å²) in [5.41, 5.74) is 1.02. The summed E-state index contributed by atoms with van der Waals surface area (Å²) in [4.78, 5) is 0. The zero-order valence-corrected chi connectivity index (χ0v) is 11.3. The second-order valence-corrected chi connectivity index (χ2v) is 4.57. The van der Waals surface area contributed by atoms with Crippen molar-refractivity contribution in [2.24, 2.45) is 5.92 Å². The molecule has 1 nitrogen and oxygen atoms in total. The topological polar surface area (TPSA) is 9.23 Å². The molecule has 0 heterocycles. The number of halogens is 2. The van der Waals surface area contributed by atoms with E-state index in [2.05, 4.69) is 13.8 Å². The highest BCUT2D eigenvalue weighted by Crippen LogP contribution is 2.27. The van der Waals surface area contributed by atoms with Gasteiger partial charge in [0.25, 0.3) is 0 Å². The molecule has 0 aliphatic rings.